The number of benzene rings is 4. The Morgan fingerprint density at radius 3 is 1.26 bits per heavy atom. The molecule has 0 aromatic heterocycles. The van der Waals surface area contributed by atoms with Gasteiger partial charge in [0, 0.05) is 34.8 Å². The number of carbonyl (C=O) groups is 2. The first kappa shape index (κ1) is 41.3. The zero-order valence-electron chi connectivity index (χ0n) is 30.7. The molecule has 0 N–H and O–H groups in total. The third-order valence-corrected chi connectivity index (χ3v) is 20.2. The van der Waals surface area contributed by atoms with Crippen molar-refractivity contribution in [3.05, 3.63) is 124 Å². The van der Waals surface area contributed by atoms with Gasteiger partial charge in [-0.15, -0.1) is 0 Å². The number of hydrogen-bond donors (Lipinski definition) is 0. The molecular weight excluding hydrogens is 930 g/mol. The number of rotatable bonds is 7. The van der Waals surface area contributed by atoms with Crippen LogP contribution in [0.2, 0.25) is 14.8 Å². The fraction of sp³-hybridized carbons (Fsp3) is 0.333. The Labute approximate surface area is 332 Å². The Balaban J connectivity index is 0.000000206. The molecule has 10 nitrogen and oxygen atoms in total. The normalized spacial score (nSPS) is 18.9. The number of piperazine rings is 2. The molecule has 0 aliphatic carbocycles. The summed E-state index contributed by atoms with van der Waals surface area (Å²) in [6.45, 7) is 5.88. The van der Waals surface area contributed by atoms with Gasteiger partial charge in [-0.3, -0.25) is 4.79 Å². The number of halogens is 1. The van der Waals surface area contributed by atoms with E-state index in [-0.39, 0.29) is 23.9 Å². The monoisotopic (exact) mass is 978 g/mol. The summed E-state index contributed by atoms with van der Waals surface area (Å²) >= 11 is -0.0694. The van der Waals surface area contributed by atoms with Crippen molar-refractivity contribution in [2.24, 2.45) is 0 Å². The van der Waals surface area contributed by atoms with E-state index in [1.165, 1.54) is 12.2 Å². The predicted octanol–water partition coefficient (Wildman–Crippen LogP) is 5.59. The van der Waals surface area contributed by atoms with Gasteiger partial charge in [0.05, 0.1) is 4.90 Å². The number of sulfonamides is 2. The SMILES string of the molecule is C[C@@H]1CN(C(=O)c2ccccc2)CCN1S(=O)(=O)c1cc[c]([Sn]([CH3])([CH3])[CH3])cc1.C[C@@H]1CN(C(=O)c2ccccc2)CCN1S(=O)(=O)c1ccc(I)cc1. The fourth-order valence-electron chi connectivity index (χ4n) is 6.50. The van der Waals surface area contributed by atoms with Crippen LogP contribution in [-0.2, 0) is 20.0 Å². The average Bonchev–Trinajstić information content (AvgIpc) is 3.14. The van der Waals surface area contributed by atoms with Crippen LogP contribution in [0, 0.1) is 3.57 Å². The molecule has 6 rings (SSSR count). The van der Waals surface area contributed by atoms with Gasteiger partial charge in [0.2, 0.25) is 10.0 Å². The molecule has 2 saturated heterocycles. The molecule has 2 amide bonds. The van der Waals surface area contributed by atoms with Gasteiger partial charge in [0.1, 0.15) is 0 Å². The van der Waals surface area contributed by atoms with Gasteiger partial charge < -0.3 is 4.90 Å². The van der Waals surface area contributed by atoms with Crippen molar-refractivity contribution in [1.29, 1.82) is 0 Å². The summed E-state index contributed by atoms with van der Waals surface area (Å²) in [5.74, 6) is -0.106. The second-order valence-electron chi connectivity index (χ2n) is 14.4. The first-order chi connectivity index (χ1) is 25.0. The van der Waals surface area contributed by atoms with Crippen LogP contribution in [0.25, 0.3) is 0 Å². The minimum atomic E-state index is -3.57. The summed E-state index contributed by atoms with van der Waals surface area (Å²) in [5.41, 5.74) is 1.26. The topological polar surface area (TPSA) is 115 Å². The minimum absolute atomic E-state index is 0.0495. The second-order valence-corrected chi connectivity index (χ2v) is 33.9. The van der Waals surface area contributed by atoms with Crippen LogP contribution in [0.15, 0.2) is 119 Å². The van der Waals surface area contributed by atoms with Gasteiger partial charge in [-0.2, -0.15) is 4.31 Å². The molecule has 0 spiro atoms. The van der Waals surface area contributed by atoms with E-state index in [0.29, 0.717) is 60.2 Å². The summed E-state index contributed by atoms with van der Waals surface area (Å²) < 4.78 is 57.3. The number of amides is 2. The Morgan fingerprint density at radius 2 is 0.925 bits per heavy atom. The first-order valence-electron chi connectivity index (χ1n) is 17.6. The Morgan fingerprint density at radius 1 is 0.566 bits per heavy atom. The van der Waals surface area contributed by atoms with Crippen molar-refractivity contribution in [1.82, 2.24) is 18.4 Å². The first-order valence-corrected chi connectivity index (χ1v) is 31.5. The molecule has 0 bridgehead atoms. The van der Waals surface area contributed by atoms with Gasteiger partial charge in [-0.05, 0) is 65.9 Å². The third-order valence-electron chi connectivity index (χ3n) is 9.50. The molecule has 14 heteroatoms. The molecule has 0 radical (unpaired) electrons. The molecule has 0 unspecified atom stereocenters. The summed E-state index contributed by atoms with van der Waals surface area (Å²) in [7, 11) is -7.12. The van der Waals surface area contributed by atoms with Crippen molar-refractivity contribution in [3.63, 3.8) is 0 Å². The van der Waals surface area contributed by atoms with E-state index in [1.54, 1.807) is 70.5 Å². The van der Waals surface area contributed by atoms with Crippen LogP contribution in [-0.4, -0.2) is 117 Å². The zero-order valence-corrected chi connectivity index (χ0v) is 37.4. The van der Waals surface area contributed by atoms with Crippen LogP contribution in [0.1, 0.15) is 34.6 Å². The maximum absolute atomic E-state index is 13.1. The molecule has 282 valence electrons. The molecule has 4 aromatic carbocycles. The third kappa shape index (κ3) is 9.89. The van der Waals surface area contributed by atoms with Gasteiger partial charge in [-0.25, -0.2) is 8.42 Å². The minimum Gasteiger partial charge on any atom is -0.336 e. The number of nitrogens with zero attached hydrogens (tertiary/aromatic N) is 4. The maximum atomic E-state index is 13.1. The molecular formula is C39H47IN4O6S2Sn. The smallest absolute Gasteiger partial charge is 0.253 e. The largest absolute Gasteiger partial charge is 0.336 e. The van der Waals surface area contributed by atoms with Crippen molar-refractivity contribution in [2.45, 2.75) is 50.5 Å². The Kier molecular flexibility index (Phi) is 13.5. The van der Waals surface area contributed by atoms with Crippen molar-refractivity contribution >= 4 is 76.4 Å². The van der Waals surface area contributed by atoms with E-state index in [2.05, 4.69) is 37.4 Å². The fourth-order valence-corrected chi connectivity index (χ4v) is 13.4. The molecule has 0 saturated carbocycles. The quantitative estimate of drug-likeness (QED) is 0.176. The molecule has 4 aromatic rings. The average molecular weight is 978 g/mol. The number of hydrogen-bond acceptors (Lipinski definition) is 6. The zero-order chi connectivity index (χ0) is 38.6. The van der Waals surface area contributed by atoms with Crippen molar-refractivity contribution in [2.75, 3.05) is 39.3 Å². The summed E-state index contributed by atoms with van der Waals surface area (Å²) in [6, 6.07) is 31.9. The molecule has 2 aliphatic rings. The van der Waals surface area contributed by atoms with Gasteiger partial charge in [0.15, 0.2) is 0 Å². The molecule has 53 heavy (non-hydrogen) atoms. The predicted molar refractivity (Wildman–Crippen MR) is 220 cm³/mol. The summed E-state index contributed by atoms with van der Waals surface area (Å²) in [6.07, 6.45) is 0. The molecule has 2 fully saturated rings. The van der Waals surface area contributed by atoms with E-state index in [4.69, 9.17) is 0 Å². The maximum Gasteiger partial charge on any atom is 0.253 e. The van der Waals surface area contributed by atoms with Gasteiger partial charge in [0.25, 0.3) is 5.91 Å². The van der Waals surface area contributed by atoms with Gasteiger partial charge >= 0.3 is 155 Å². The van der Waals surface area contributed by atoms with Crippen LogP contribution >= 0.6 is 22.6 Å². The van der Waals surface area contributed by atoms with E-state index in [1.807, 2.05) is 62.4 Å². The standard InChI is InChI=1S/C18H19IN2O3S.C18H19N2O3S.3CH3.Sn/c1-14-13-20(18(22)15-5-3-2-4-6-15)11-12-21(14)25(23,24)17-9-7-16(19)8-10-17;1-15-14-19(18(21)16-8-4-2-5-9-16)12-13-20(15)24(22,23)17-10-6-3-7-11-17;;;;/h2-10,14H,11-13H2,1H3;2,4-11,15H,12-14H2,1H3;3*1H3;/t14-;15-;;;;/m11..../s1. The summed E-state index contributed by atoms with van der Waals surface area (Å²) in [5, 5.41) is 0. The summed E-state index contributed by atoms with van der Waals surface area (Å²) in [4.78, 5) is 36.2. The Bertz CT molecular complexity index is 2100. The van der Waals surface area contributed by atoms with Crippen LogP contribution < -0.4 is 3.58 Å². The van der Waals surface area contributed by atoms with Crippen LogP contribution in [0.4, 0.5) is 0 Å². The van der Waals surface area contributed by atoms with Gasteiger partial charge in [-0.1, -0.05) is 36.4 Å². The van der Waals surface area contributed by atoms with E-state index < -0.39 is 38.4 Å². The van der Waals surface area contributed by atoms with Crippen LogP contribution in [0.5, 0.6) is 0 Å². The number of carbonyl (C=O) groups excluding carboxylic acids is 2. The van der Waals surface area contributed by atoms with Crippen molar-refractivity contribution < 1.29 is 26.4 Å². The Hall–Kier alpha value is -2.83. The molecule has 2 aliphatic heterocycles. The van der Waals surface area contributed by atoms with Crippen LogP contribution in [0.3, 0.4) is 0 Å². The van der Waals surface area contributed by atoms with E-state index >= 15 is 0 Å². The molecule has 2 atom stereocenters. The van der Waals surface area contributed by atoms with E-state index in [0.717, 1.165) is 3.57 Å². The molecule has 2 heterocycles. The van der Waals surface area contributed by atoms with Crippen molar-refractivity contribution in [3.8, 4) is 0 Å². The second kappa shape index (κ2) is 17.3. The van der Waals surface area contributed by atoms with E-state index in [9.17, 15) is 26.4 Å².